The van der Waals surface area contributed by atoms with Crippen molar-refractivity contribution in [3.8, 4) is 5.95 Å². The molecule has 1 aromatic carbocycles. The summed E-state index contributed by atoms with van der Waals surface area (Å²) >= 11 is 11.9. The maximum atomic E-state index is 12.6. The van der Waals surface area contributed by atoms with Crippen molar-refractivity contribution in [1.29, 1.82) is 0 Å². The molecule has 0 atom stereocenters. The van der Waals surface area contributed by atoms with Crippen molar-refractivity contribution in [1.82, 2.24) is 19.7 Å². The van der Waals surface area contributed by atoms with E-state index in [1.54, 1.807) is 32.9 Å². The summed E-state index contributed by atoms with van der Waals surface area (Å²) in [5, 5.41) is 7.69. The fraction of sp³-hybridized carbons (Fsp3) is 0.176. The molecule has 1 amide bonds. The fourth-order valence-electron chi connectivity index (χ4n) is 2.34. The SMILES string of the molecule is Cc1cc(NC(=O)c2ccc(Cl)cc2Cl)n(-c2nc(C)c(C)c(=O)[nH]2)n1. The molecule has 9 heteroatoms. The van der Waals surface area contributed by atoms with Gasteiger partial charge in [0.2, 0.25) is 5.95 Å². The molecule has 0 saturated carbocycles. The lowest BCUT2D eigenvalue weighted by Gasteiger charge is -2.10. The standard InChI is InChI=1S/C17H15Cl2N5O2/c1-8-6-14(21-16(26)12-5-4-11(18)7-13(12)19)24(23-8)17-20-10(3)9(2)15(25)22-17/h4-7H,1-3H3,(H,21,26)(H,20,22,25). The quantitative estimate of drug-likeness (QED) is 0.714. The number of aromatic amines is 1. The van der Waals surface area contributed by atoms with E-state index in [-0.39, 0.29) is 22.1 Å². The molecule has 0 aliphatic carbocycles. The molecule has 3 rings (SSSR count). The zero-order valence-corrected chi connectivity index (χ0v) is 15.7. The van der Waals surface area contributed by atoms with Gasteiger partial charge in [0.1, 0.15) is 5.82 Å². The van der Waals surface area contributed by atoms with E-state index < -0.39 is 5.91 Å². The summed E-state index contributed by atoms with van der Waals surface area (Å²) in [4.78, 5) is 31.6. The number of hydrogen-bond donors (Lipinski definition) is 2. The molecule has 0 aliphatic heterocycles. The number of carbonyl (C=O) groups is 1. The van der Waals surface area contributed by atoms with E-state index in [1.807, 2.05) is 0 Å². The topological polar surface area (TPSA) is 92.7 Å². The monoisotopic (exact) mass is 391 g/mol. The first-order chi connectivity index (χ1) is 12.3. The lowest BCUT2D eigenvalue weighted by atomic mass is 10.2. The van der Waals surface area contributed by atoms with E-state index >= 15 is 0 Å². The Bertz CT molecular complexity index is 1070. The van der Waals surface area contributed by atoms with Crippen LogP contribution in [0.1, 0.15) is 27.3 Å². The number of amides is 1. The van der Waals surface area contributed by atoms with Crippen LogP contribution in [-0.4, -0.2) is 25.7 Å². The number of rotatable bonds is 3. The second-order valence-electron chi connectivity index (χ2n) is 5.76. The predicted molar refractivity (Wildman–Crippen MR) is 101 cm³/mol. The zero-order valence-electron chi connectivity index (χ0n) is 14.2. The number of aromatic nitrogens is 4. The Morgan fingerprint density at radius 2 is 1.92 bits per heavy atom. The Hall–Kier alpha value is -2.64. The number of nitrogens with zero attached hydrogens (tertiary/aromatic N) is 3. The minimum atomic E-state index is -0.431. The molecular formula is C17H15Cl2N5O2. The average Bonchev–Trinajstić information content (AvgIpc) is 2.92. The normalized spacial score (nSPS) is 10.8. The maximum Gasteiger partial charge on any atom is 0.258 e. The largest absolute Gasteiger partial charge is 0.306 e. The van der Waals surface area contributed by atoms with Gasteiger partial charge in [0.25, 0.3) is 11.5 Å². The van der Waals surface area contributed by atoms with Crippen LogP contribution >= 0.6 is 23.2 Å². The molecule has 0 aliphatic rings. The van der Waals surface area contributed by atoms with Crippen molar-refractivity contribution >= 4 is 34.9 Å². The molecule has 3 aromatic rings. The molecule has 2 heterocycles. The van der Waals surface area contributed by atoms with E-state index in [1.165, 1.54) is 16.8 Å². The van der Waals surface area contributed by atoms with Crippen LogP contribution in [0.5, 0.6) is 0 Å². The Balaban J connectivity index is 2.00. The highest BCUT2D eigenvalue weighted by Crippen LogP contribution is 2.23. The van der Waals surface area contributed by atoms with Crippen LogP contribution in [-0.2, 0) is 0 Å². The number of halogens is 2. The van der Waals surface area contributed by atoms with Crippen molar-refractivity contribution < 1.29 is 4.79 Å². The maximum absolute atomic E-state index is 12.6. The van der Waals surface area contributed by atoms with Crippen molar-refractivity contribution in [2.45, 2.75) is 20.8 Å². The first kappa shape index (κ1) is 18.2. The number of carbonyl (C=O) groups excluding carboxylic acids is 1. The summed E-state index contributed by atoms with van der Waals surface area (Å²) < 4.78 is 1.37. The van der Waals surface area contributed by atoms with E-state index in [2.05, 4.69) is 20.4 Å². The van der Waals surface area contributed by atoms with E-state index in [0.717, 1.165) is 0 Å². The van der Waals surface area contributed by atoms with Crippen molar-refractivity contribution in [2.24, 2.45) is 0 Å². The molecule has 2 N–H and O–H groups in total. The molecule has 0 unspecified atom stereocenters. The molecule has 0 saturated heterocycles. The van der Waals surface area contributed by atoms with Gasteiger partial charge in [0.15, 0.2) is 0 Å². The highest BCUT2D eigenvalue weighted by atomic mass is 35.5. The summed E-state index contributed by atoms with van der Waals surface area (Å²) in [7, 11) is 0. The van der Waals surface area contributed by atoms with Gasteiger partial charge in [-0.3, -0.25) is 14.6 Å². The molecule has 0 radical (unpaired) electrons. The third kappa shape index (κ3) is 3.49. The highest BCUT2D eigenvalue weighted by molar-refractivity contribution is 6.37. The molecular weight excluding hydrogens is 377 g/mol. The predicted octanol–water partition coefficient (Wildman–Crippen LogP) is 3.44. The van der Waals surface area contributed by atoms with Gasteiger partial charge < -0.3 is 5.32 Å². The minimum Gasteiger partial charge on any atom is -0.306 e. The van der Waals surface area contributed by atoms with Gasteiger partial charge in [-0.25, -0.2) is 4.98 Å². The van der Waals surface area contributed by atoms with Crippen LogP contribution in [0.4, 0.5) is 5.82 Å². The molecule has 2 aromatic heterocycles. The number of benzene rings is 1. The number of H-pyrrole nitrogens is 1. The van der Waals surface area contributed by atoms with Gasteiger partial charge in [-0.1, -0.05) is 23.2 Å². The zero-order chi connectivity index (χ0) is 19.0. The number of anilines is 1. The van der Waals surface area contributed by atoms with Gasteiger partial charge >= 0.3 is 0 Å². The van der Waals surface area contributed by atoms with Gasteiger partial charge in [-0.2, -0.15) is 9.78 Å². The van der Waals surface area contributed by atoms with Gasteiger partial charge in [-0.15, -0.1) is 0 Å². The second kappa shape index (κ2) is 6.93. The third-order valence-corrected chi connectivity index (χ3v) is 4.38. The summed E-state index contributed by atoms with van der Waals surface area (Å²) in [6.45, 7) is 5.18. The van der Waals surface area contributed by atoms with Crippen LogP contribution < -0.4 is 10.9 Å². The number of hydrogen-bond acceptors (Lipinski definition) is 4. The molecule has 0 spiro atoms. The van der Waals surface area contributed by atoms with Crippen LogP contribution in [0.3, 0.4) is 0 Å². The van der Waals surface area contributed by atoms with Crippen molar-refractivity contribution in [3.05, 3.63) is 67.2 Å². The smallest absolute Gasteiger partial charge is 0.258 e. The summed E-state index contributed by atoms with van der Waals surface area (Å²) in [5.41, 5.74) is 1.75. The van der Waals surface area contributed by atoms with Crippen molar-refractivity contribution in [3.63, 3.8) is 0 Å². The van der Waals surface area contributed by atoms with Crippen LogP contribution in [0.15, 0.2) is 29.1 Å². The molecule has 26 heavy (non-hydrogen) atoms. The Morgan fingerprint density at radius 3 is 2.58 bits per heavy atom. The van der Waals surface area contributed by atoms with E-state index in [0.29, 0.717) is 27.8 Å². The van der Waals surface area contributed by atoms with Gasteiger partial charge in [0.05, 0.1) is 16.3 Å². The van der Waals surface area contributed by atoms with E-state index in [4.69, 9.17) is 23.2 Å². The molecule has 134 valence electrons. The van der Waals surface area contributed by atoms with Crippen molar-refractivity contribution in [2.75, 3.05) is 5.32 Å². The minimum absolute atomic E-state index is 0.212. The first-order valence-corrected chi connectivity index (χ1v) is 8.43. The molecule has 0 fully saturated rings. The average molecular weight is 392 g/mol. The number of aryl methyl sites for hydroxylation is 2. The Labute approximate surface area is 159 Å². The van der Waals surface area contributed by atoms with Gasteiger partial charge in [0, 0.05) is 22.3 Å². The van der Waals surface area contributed by atoms with E-state index in [9.17, 15) is 9.59 Å². The summed E-state index contributed by atoms with van der Waals surface area (Å²) in [6.07, 6.45) is 0. The Kier molecular flexibility index (Phi) is 4.84. The first-order valence-electron chi connectivity index (χ1n) is 7.67. The lowest BCUT2D eigenvalue weighted by Crippen LogP contribution is -2.21. The van der Waals surface area contributed by atoms with Crippen LogP contribution in [0.2, 0.25) is 10.0 Å². The third-order valence-electron chi connectivity index (χ3n) is 3.83. The summed E-state index contributed by atoms with van der Waals surface area (Å²) in [6, 6.07) is 6.26. The van der Waals surface area contributed by atoms with Crippen LogP contribution in [0.25, 0.3) is 5.95 Å². The Morgan fingerprint density at radius 1 is 1.19 bits per heavy atom. The van der Waals surface area contributed by atoms with Gasteiger partial charge in [-0.05, 0) is 39.0 Å². The molecule has 0 bridgehead atoms. The number of nitrogens with one attached hydrogen (secondary N) is 2. The fourth-order valence-corrected chi connectivity index (χ4v) is 2.83. The lowest BCUT2D eigenvalue weighted by molar-refractivity contribution is 0.102. The molecule has 7 nitrogen and oxygen atoms in total. The highest BCUT2D eigenvalue weighted by Gasteiger charge is 2.17. The second-order valence-corrected chi connectivity index (χ2v) is 6.60. The van der Waals surface area contributed by atoms with Crippen LogP contribution in [0, 0.1) is 20.8 Å². The summed E-state index contributed by atoms with van der Waals surface area (Å²) in [5.74, 6) is 0.132.